The van der Waals surface area contributed by atoms with Crippen LogP contribution in [0.1, 0.15) is 24.2 Å². The molecule has 0 saturated heterocycles. The number of anilines is 1. The van der Waals surface area contributed by atoms with Gasteiger partial charge in [0.15, 0.2) is 17.6 Å². The SMILES string of the molecule is CC(C)C1Oc2cc([N+](=O)[O-])ccc2N(CC(=O)c2ccc(-c3ccccc3)cc2)C1=O. The Hall–Kier alpha value is -4.00. The van der Waals surface area contributed by atoms with E-state index in [2.05, 4.69) is 0 Å². The quantitative estimate of drug-likeness (QED) is 0.315. The molecule has 3 aromatic rings. The van der Waals surface area contributed by atoms with Crippen molar-refractivity contribution in [3.05, 3.63) is 88.5 Å². The fourth-order valence-corrected chi connectivity index (χ4v) is 3.69. The van der Waals surface area contributed by atoms with Gasteiger partial charge in [-0.05, 0) is 23.1 Å². The van der Waals surface area contributed by atoms with Crippen LogP contribution in [0.5, 0.6) is 5.75 Å². The molecule has 1 aliphatic rings. The first-order chi connectivity index (χ1) is 15.3. The molecule has 1 amide bonds. The van der Waals surface area contributed by atoms with E-state index in [4.69, 9.17) is 4.74 Å². The number of hydrogen-bond donors (Lipinski definition) is 0. The van der Waals surface area contributed by atoms with Crippen molar-refractivity contribution in [2.24, 2.45) is 5.92 Å². The van der Waals surface area contributed by atoms with Gasteiger partial charge in [-0.3, -0.25) is 24.6 Å². The molecular formula is C25H22N2O5. The van der Waals surface area contributed by atoms with E-state index in [-0.39, 0.29) is 35.6 Å². The van der Waals surface area contributed by atoms with E-state index in [1.54, 1.807) is 12.1 Å². The van der Waals surface area contributed by atoms with Crippen molar-refractivity contribution >= 4 is 23.1 Å². The number of nitro groups is 1. The summed E-state index contributed by atoms with van der Waals surface area (Å²) in [5.74, 6) is -0.510. The summed E-state index contributed by atoms with van der Waals surface area (Å²) in [4.78, 5) is 38.1. The van der Waals surface area contributed by atoms with Crippen LogP contribution in [0.4, 0.5) is 11.4 Å². The van der Waals surface area contributed by atoms with Gasteiger partial charge < -0.3 is 4.74 Å². The largest absolute Gasteiger partial charge is 0.478 e. The first-order valence-corrected chi connectivity index (χ1v) is 10.3. The Morgan fingerprint density at radius 2 is 1.69 bits per heavy atom. The van der Waals surface area contributed by atoms with E-state index in [9.17, 15) is 19.7 Å². The van der Waals surface area contributed by atoms with Gasteiger partial charge >= 0.3 is 0 Å². The second-order valence-electron chi connectivity index (χ2n) is 7.98. The van der Waals surface area contributed by atoms with Gasteiger partial charge in [0.2, 0.25) is 0 Å². The van der Waals surface area contributed by atoms with Gasteiger partial charge in [-0.1, -0.05) is 68.4 Å². The average Bonchev–Trinajstić information content (AvgIpc) is 2.80. The molecule has 3 aromatic carbocycles. The van der Waals surface area contributed by atoms with Crippen LogP contribution in [0.15, 0.2) is 72.8 Å². The first-order valence-electron chi connectivity index (χ1n) is 10.3. The van der Waals surface area contributed by atoms with E-state index >= 15 is 0 Å². The van der Waals surface area contributed by atoms with Crippen LogP contribution in [0, 0.1) is 16.0 Å². The molecule has 7 heteroatoms. The minimum Gasteiger partial charge on any atom is -0.478 e. The van der Waals surface area contributed by atoms with Gasteiger partial charge in [0.25, 0.3) is 11.6 Å². The number of ether oxygens (including phenoxy) is 1. The maximum atomic E-state index is 13.1. The van der Waals surface area contributed by atoms with Crippen molar-refractivity contribution in [2.75, 3.05) is 11.4 Å². The zero-order chi connectivity index (χ0) is 22.8. The van der Waals surface area contributed by atoms with Gasteiger partial charge in [-0.2, -0.15) is 0 Å². The van der Waals surface area contributed by atoms with Gasteiger partial charge in [0.1, 0.15) is 0 Å². The third kappa shape index (κ3) is 4.09. The fourth-order valence-electron chi connectivity index (χ4n) is 3.69. The molecule has 32 heavy (non-hydrogen) atoms. The van der Waals surface area contributed by atoms with Crippen LogP contribution in [-0.4, -0.2) is 29.3 Å². The highest BCUT2D eigenvalue weighted by molar-refractivity contribution is 6.08. The second kappa shape index (κ2) is 8.63. The highest BCUT2D eigenvalue weighted by Crippen LogP contribution is 2.38. The normalized spacial score (nSPS) is 15.3. The Morgan fingerprint density at radius 3 is 2.31 bits per heavy atom. The zero-order valence-electron chi connectivity index (χ0n) is 17.7. The van der Waals surface area contributed by atoms with Crippen LogP contribution < -0.4 is 9.64 Å². The average molecular weight is 430 g/mol. The number of Topliss-reactive ketones (excluding diaryl/α,β-unsaturated/α-hetero) is 1. The lowest BCUT2D eigenvalue weighted by molar-refractivity contribution is -0.384. The van der Waals surface area contributed by atoms with Crippen LogP contribution in [0.2, 0.25) is 0 Å². The smallest absolute Gasteiger partial charge is 0.273 e. The molecule has 0 saturated carbocycles. The lowest BCUT2D eigenvalue weighted by Crippen LogP contribution is -2.50. The summed E-state index contributed by atoms with van der Waals surface area (Å²) in [6.45, 7) is 3.47. The van der Waals surface area contributed by atoms with E-state index in [0.717, 1.165) is 11.1 Å². The first kappa shape index (κ1) is 21.2. The Kier molecular flexibility index (Phi) is 5.73. The van der Waals surface area contributed by atoms with Gasteiger partial charge in [-0.15, -0.1) is 0 Å². The summed E-state index contributed by atoms with van der Waals surface area (Å²) in [6.07, 6.45) is -0.822. The molecule has 0 fully saturated rings. The Morgan fingerprint density at radius 1 is 1.03 bits per heavy atom. The summed E-state index contributed by atoms with van der Waals surface area (Å²) >= 11 is 0. The number of ketones is 1. The third-order valence-corrected chi connectivity index (χ3v) is 5.43. The molecule has 1 heterocycles. The highest BCUT2D eigenvalue weighted by Gasteiger charge is 2.38. The number of carbonyl (C=O) groups is 2. The lowest BCUT2D eigenvalue weighted by Gasteiger charge is -2.35. The Bertz CT molecular complexity index is 1170. The third-order valence-electron chi connectivity index (χ3n) is 5.43. The fraction of sp³-hybridized carbons (Fsp3) is 0.200. The molecular weight excluding hydrogens is 408 g/mol. The predicted molar refractivity (Wildman–Crippen MR) is 121 cm³/mol. The maximum Gasteiger partial charge on any atom is 0.273 e. The molecule has 4 rings (SSSR count). The molecule has 0 radical (unpaired) electrons. The van der Waals surface area contributed by atoms with Crippen molar-refractivity contribution in [1.82, 2.24) is 0 Å². The van der Waals surface area contributed by atoms with Gasteiger partial charge in [0, 0.05) is 11.6 Å². The maximum absolute atomic E-state index is 13.1. The molecule has 0 bridgehead atoms. The molecule has 0 aromatic heterocycles. The molecule has 162 valence electrons. The predicted octanol–water partition coefficient (Wildman–Crippen LogP) is 4.89. The standard InChI is InChI=1S/C25H22N2O5/c1-16(2)24-25(29)26(21-13-12-20(27(30)31)14-23(21)32-24)15-22(28)19-10-8-18(9-11-19)17-6-4-3-5-7-17/h3-14,16,24H,15H2,1-2H3. The van der Waals surface area contributed by atoms with E-state index in [0.29, 0.717) is 11.3 Å². The van der Waals surface area contributed by atoms with Crippen LogP contribution >= 0.6 is 0 Å². The number of carbonyl (C=O) groups excluding carboxylic acids is 2. The van der Waals surface area contributed by atoms with Crippen molar-refractivity contribution in [2.45, 2.75) is 20.0 Å². The van der Waals surface area contributed by atoms with Crippen LogP contribution in [0.3, 0.4) is 0 Å². The van der Waals surface area contributed by atoms with E-state index in [1.165, 1.54) is 23.1 Å². The zero-order valence-corrected chi connectivity index (χ0v) is 17.7. The minimum absolute atomic E-state index is 0.136. The molecule has 1 atom stereocenters. The number of rotatable bonds is 6. The molecule has 1 aliphatic heterocycles. The van der Waals surface area contributed by atoms with E-state index < -0.39 is 11.0 Å². The van der Waals surface area contributed by atoms with Crippen LogP contribution in [0.25, 0.3) is 11.1 Å². The number of nitrogens with zero attached hydrogens (tertiary/aromatic N) is 2. The summed E-state index contributed by atoms with van der Waals surface area (Å²) in [5.41, 5.74) is 2.73. The van der Waals surface area contributed by atoms with Crippen molar-refractivity contribution in [3.8, 4) is 16.9 Å². The molecule has 0 aliphatic carbocycles. The van der Waals surface area contributed by atoms with Crippen LogP contribution in [-0.2, 0) is 4.79 Å². The summed E-state index contributed by atoms with van der Waals surface area (Å²) < 4.78 is 5.77. The van der Waals surface area contributed by atoms with Gasteiger partial charge in [-0.25, -0.2) is 0 Å². The topological polar surface area (TPSA) is 89.8 Å². The molecule has 7 nitrogen and oxygen atoms in total. The van der Waals surface area contributed by atoms with Crippen molar-refractivity contribution in [3.63, 3.8) is 0 Å². The Balaban J connectivity index is 1.61. The van der Waals surface area contributed by atoms with E-state index in [1.807, 2.05) is 56.3 Å². The molecule has 1 unspecified atom stereocenters. The van der Waals surface area contributed by atoms with Crippen molar-refractivity contribution in [1.29, 1.82) is 0 Å². The monoisotopic (exact) mass is 430 g/mol. The number of benzene rings is 3. The number of nitro benzene ring substituents is 1. The Labute approximate surface area is 185 Å². The number of amides is 1. The lowest BCUT2D eigenvalue weighted by atomic mass is 10.0. The summed E-state index contributed by atoms with van der Waals surface area (Å²) in [6, 6.07) is 21.1. The highest BCUT2D eigenvalue weighted by atomic mass is 16.6. The number of non-ortho nitro benzene ring substituents is 1. The minimum atomic E-state index is -0.822. The summed E-state index contributed by atoms with van der Waals surface area (Å²) in [7, 11) is 0. The summed E-state index contributed by atoms with van der Waals surface area (Å²) in [5, 5.41) is 11.2. The number of hydrogen-bond acceptors (Lipinski definition) is 5. The number of fused-ring (bicyclic) bond motifs is 1. The molecule has 0 N–H and O–H groups in total. The van der Waals surface area contributed by atoms with Gasteiger partial charge in [0.05, 0.1) is 23.2 Å². The second-order valence-corrected chi connectivity index (χ2v) is 7.98. The van der Waals surface area contributed by atoms with Crippen molar-refractivity contribution < 1.29 is 19.2 Å². The molecule has 0 spiro atoms.